The van der Waals surface area contributed by atoms with Gasteiger partial charge in [-0.3, -0.25) is 14.3 Å². The number of fused-ring (bicyclic) bond motifs is 2. The van der Waals surface area contributed by atoms with E-state index in [1.165, 1.54) is 22.0 Å². The van der Waals surface area contributed by atoms with Crippen LogP contribution in [0.3, 0.4) is 0 Å². The van der Waals surface area contributed by atoms with E-state index in [0.717, 1.165) is 45.9 Å². The summed E-state index contributed by atoms with van der Waals surface area (Å²) in [5.74, 6) is -0.287. The van der Waals surface area contributed by atoms with Crippen LogP contribution in [-0.4, -0.2) is 57.7 Å². The van der Waals surface area contributed by atoms with Gasteiger partial charge in [0.05, 0.1) is 31.0 Å². The number of rotatable bonds is 4. The number of nitrogens with one attached hydrogen (secondary N) is 1. The van der Waals surface area contributed by atoms with E-state index in [0.29, 0.717) is 32.1 Å². The molecule has 0 bridgehead atoms. The van der Waals surface area contributed by atoms with Crippen molar-refractivity contribution in [3.8, 4) is 11.5 Å². The number of aliphatic hydroxyl groups is 1. The van der Waals surface area contributed by atoms with Crippen LogP contribution in [0.5, 0.6) is 11.5 Å². The SMILES string of the molecule is CO.Cc1c(Cl)c2c(F)c(Oc3ccnc4cc(C(=O)N5CCCC5)sc34)ccc2n1C(=O)NC1CC1. The van der Waals surface area contributed by atoms with E-state index in [1.54, 1.807) is 31.3 Å². The summed E-state index contributed by atoms with van der Waals surface area (Å²) in [4.78, 5) is 32.4. The van der Waals surface area contributed by atoms with Crippen LogP contribution in [0.15, 0.2) is 30.5 Å². The monoisotopic (exact) mass is 544 g/mol. The molecule has 1 aliphatic carbocycles. The highest BCUT2D eigenvalue weighted by molar-refractivity contribution is 7.21. The van der Waals surface area contributed by atoms with Crippen LogP contribution in [0.25, 0.3) is 21.1 Å². The van der Waals surface area contributed by atoms with Gasteiger partial charge >= 0.3 is 6.03 Å². The third-order valence-electron chi connectivity index (χ3n) is 6.51. The number of hydrogen-bond donors (Lipinski definition) is 2. The first-order valence-corrected chi connectivity index (χ1v) is 13.2. The van der Waals surface area contributed by atoms with Crippen LogP contribution >= 0.6 is 22.9 Å². The van der Waals surface area contributed by atoms with Gasteiger partial charge < -0.3 is 20.1 Å². The fourth-order valence-electron chi connectivity index (χ4n) is 4.50. The summed E-state index contributed by atoms with van der Waals surface area (Å²) in [6.45, 7) is 3.20. The van der Waals surface area contributed by atoms with E-state index >= 15 is 4.39 Å². The van der Waals surface area contributed by atoms with Crippen LogP contribution in [0.1, 0.15) is 41.0 Å². The molecule has 11 heteroatoms. The predicted octanol–water partition coefficient (Wildman–Crippen LogP) is 5.71. The number of halogens is 2. The molecule has 8 nitrogen and oxygen atoms in total. The van der Waals surface area contributed by atoms with Crippen molar-refractivity contribution in [1.82, 2.24) is 19.8 Å². The van der Waals surface area contributed by atoms with E-state index in [2.05, 4.69) is 10.3 Å². The Labute approximate surface area is 221 Å². The topological polar surface area (TPSA) is 96.7 Å². The zero-order valence-corrected chi connectivity index (χ0v) is 22.0. The van der Waals surface area contributed by atoms with Gasteiger partial charge in [0.1, 0.15) is 5.75 Å². The number of benzene rings is 1. The number of nitrogens with zero attached hydrogens (tertiary/aromatic N) is 3. The standard InChI is InChI=1S/C25H22ClFN4O3S.CH4O/c1-13-21(26)20-16(31(13)25(33)29-14-4-5-14)6-7-17(22(20)27)34-18-8-9-28-15-12-19(35-23(15)18)24(32)30-10-2-3-11-30;1-2/h6-9,12,14H,2-5,10-11H2,1H3,(H,29,33);2H,1H3. The maximum Gasteiger partial charge on any atom is 0.326 e. The number of aromatic nitrogens is 2. The molecule has 1 saturated heterocycles. The Bertz CT molecular complexity index is 1510. The van der Waals surface area contributed by atoms with Gasteiger partial charge in [0.25, 0.3) is 5.91 Å². The first-order valence-electron chi connectivity index (χ1n) is 12.0. The van der Waals surface area contributed by atoms with Crippen LogP contribution in [0.2, 0.25) is 5.02 Å². The summed E-state index contributed by atoms with van der Waals surface area (Å²) in [7, 11) is 1.00. The van der Waals surface area contributed by atoms with Crippen molar-refractivity contribution in [2.24, 2.45) is 0 Å². The molecule has 3 aromatic heterocycles. The molecule has 1 aliphatic heterocycles. The maximum absolute atomic E-state index is 15.7. The fraction of sp³-hybridized carbons (Fsp3) is 0.346. The summed E-state index contributed by atoms with van der Waals surface area (Å²) in [5, 5.41) is 10.2. The number of hydrogen-bond acceptors (Lipinski definition) is 6. The van der Waals surface area contributed by atoms with Gasteiger partial charge in [0.2, 0.25) is 0 Å². The number of likely N-dealkylation sites (tertiary alicyclic amines) is 1. The van der Waals surface area contributed by atoms with Crippen molar-refractivity contribution in [3.63, 3.8) is 0 Å². The Kier molecular flexibility index (Phi) is 7.06. The molecule has 4 aromatic rings. The first-order chi connectivity index (χ1) is 17.9. The number of amides is 2. The minimum absolute atomic E-state index is 0.0166. The average Bonchev–Trinajstić information content (AvgIpc) is 3.29. The van der Waals surface area contributed by atoms with Crippen LogP contribution in [0.4, 0.5) is 9.18 Å². The Morgan fingerprint density at radius 3 is 2.62 bits per heavy atom. The molecule has 2 fully saturated rings. The minimum Gasteiger partial charge on any atom is -0.453 e. The van der Waals surface area contributed by atoms with E-state index in [1.807, 2.05) is 4.90 Å². The van der Waals surface area contributed by atoms with Crippen molar-refractivity contribution >= 4 is 56.0 Å². The molecule has 37 heavy (non-hydrogen) atoms. The van der Waals surface area contributed by atoms with Gasteiger partial charge in [0.15, 0.2) is 11.6 Å². The van der Waals surface area contributed by atoms with Gasteiger partial charge in [-0.05, 0) is 50.8 Å². The van der Waals surface area contributed by atoms with E-state index in [-0.39, 0.29) is 34.1 Å². The Morgan fingerprint density at radius 2 is 1.92 bits per heavy atom. The third kappa shape index (κ3) is 4.65. The van der Waals surface area contributed by atoms with Crippen molar-refractivity contribution in [2.75, 3.05) is 20.2 Å². The minimum atomic E-state index is -0.650. The lowest BCUT2D eigenvalue weighted by atomic mass is 10.2. The van der Waals surface area contributed by atoms with E-state index in [9.17, 15) is 9.59 Å². The normalized spacial score (nSPS) is 15.1. The Hall–Kier alpha value is -3.21. The van der Waals surface area contributed by atoms with Crippen molar-refractivity contribution in [2.45, 2.75) is 38.6 Å². The molecule has 6 rings (SSSR count). The number of ether oxygens (including phenoxy) is 1. The lowest BCUT2D eigenvalue weighted by Gasteiger charge is -2.13. The average molecular weight is 545 g/mol. The zero-order valence-electron chi connectivity index (χ0n) is 20.4. The molecule has 4 heterocycles. The zero-order chi connectivity index (χ0) is 26.3. The fourth-order valence-corrected chi connectivity index (χ4v) is 5.80. The molecule has 0 unspecified atom stereocenters. The molecule has 2 N–H and O–H groups in total. The molecule has 1 saturated carbocycles. The first kappa shape index (κ1) is 25.4. The Balaban J connectivity index is 0.00000137. The molecule has 0 radical (unpaired) electrons. The molecular formula is C26H26ClFN4O4S. The van der Waals surface area contributed by atoms with Crippen LogP contribution in [-0.2, 0) is 0 Å². The number of aliphatic hydroxyl groups excluding tert-OH is 1. The number of thiophene rings is 1. The molecule has 194 valence electrons. The van der Waals surface area contributed by atoms with Gasteiger partial charge in [-0.1, -0.05) is 11.6 Å². The number of pyridine rings is 1. The van der Waals surface area contributed by atoms with Crippen molar-refractivity contribution < 1.29 is 23.8 Å². The van der Waals surface area contributed by atoms with Crippen LogP contribution in [0, 0.1) is 12.7 Å². The summed E-state index contributed by atoms with van der Waals surface area (Å²) >= 11 is 7.76. The van der Waals surface area contributed by atoms with E-state index < -0.39 is 5.82 Å². The predicted molar refractivity (Wildman–Crippen MR) is 142 cm³/mol. The lowest BCUT2D eigenvalue weighted by molar-refractivity contribution is 0.0797. The molecule has 1 aromatic carbocycles. The second-order valence-electron chi connectivity index (χ2n) is 8.97. The largest absolute Gasteiger partial charge is 0.453 e. The highest BCUT2D eigenvalue weighted by Gasteiger charge is 2.28. The van der Waals surface area contributed by atoms with Crippen LogP contribution < -0.4 is 10.1 Å². The number of carbonyl (C=O) groups is 2. The number of carbonyl (C=O) groups excluding carboxylic acids is 2. The van der Waals surface area contributed by atoms with Crippen molar-refractivity contribution in [1.29, 1.82) is 0 Å². The molecule has 2 aliphatic rings. The van der Waals surface area contributed by atoms with Gasteiger partial charge in [-0.2, -0.15) is 0 Å². The second-order valence-corrected chi connectivity index (χ2v) is 10.4. The summed E-state index contributed by atoms with van der Waals surface area (Å²) in [5.41, 5.74) is 1.46. The summed E-state index contributed by atoms with van der Waals surface area (Å²) < 4.78 is 23.7. The molecule has 2 amide bonds. The van der Waals surface area contributed by atoms with Gasteiger partial charge in [-0.25, -0.2) is 9.18 Å². The smallest absolute Gasteiger partial charge is 0.326 e. The maximum atomic E-state index is 15.7. The van der Waals surface area contributed by atoms with Gasteiger partial charge in [0, 0.05) is 44.2 Å². The molecular weight excluding hydrogens is 519 g/mol. The highest BCUT2D eigenvalue weighted by Crippen LogP contribution is 2.40. The van der Waals surface area contributed by atoms with E-state index in [4.69, 9.17) is 21.4 Å². The lowest BCUT2D eigenvalue weighted by Crippen LogP contribution is -2.30. The second kappa shape index (κ2) is 10.3. The quantitative estimate of drug-likeness (QED) is 0.343. The summed E-state index contributed by atoms with van der Waals surface area (Å²) in [6.07, 6.45) is 5.48. The third-order valence-corrected chi connectivity index (χ3v) is 8.10. The highest BCUT2D eigenvalue weighted by atomic mass is 35.5. The van der Waals surface area contributed by atoms with Gasteiger partial charge in [-0.15, -0.1) is 11.3 Å². The molecule has 0 atom stereocenters. The Morgan fingerprint density at radius 1 is 1.19 bits per heavy atom. The summed E-state index contributed by atoms with van der Waals surface area (Å²) in [6, 6.07) is 6.37. The molecule has 0 spiro atoms. The van der Waals surface area contributed by atoms with Crippen molar-refractivity contribution in [3.05, 3.63) is 51.9 Å².